The lowest BCUT2D eigenvalue weighted by Gasteiger charge is -2.39. The van der Waals surface area contributed by atoms with E-state index in [1.165, 1.54) is 29.4 Å². The van der Waals surface area contributed by atoms with Gasteiger partial charge in [0.15, 0.2) is 12.4 Å². The van der Waals surface area contributed by atoms with Crippen LogP contribution in [0.1, 0.15) is 68.0 Å². The Morgan fingerprint density at radius 2 is 1.78 bits per heavy atom. The molecule has 3 aromatic heterocycles. The quantitative estimate of drug-likeness (QED) is 0.115. The van der Waals surface area contributed by atoms with Crippen LogP contribution >= 0.6 is 11.6 Å². The number of halogens is 5. The maximum absolute atomic E-state index is 16.0. The predicted molar refractivity (Wildman–Crippen MR) is 230 cm³/mol. The van der Waals surface area contributed by atoms with Crippen molar-refractivity contribution in [3.8, 4) is 5.75 Å². The lowest BCUT2D eigenvalue weighted by molar-refractivity contribution is -0.134. The summed E-state index contributed by atoms with van der Waals surface area (Å²) < 4.78 is 70.5. The highest BCUT2D eigenvalue weighted by atomic mass is 35.5. The van der Waals surface area contributed by atoms with Crippen molar-refractivity contribution in [3.63, 3.8) is 0 Å². The number of carbonyl (C=O) groups excluding carboxylic acids is 2. The van der Waals surface area contributed by atoms with E-state index in [0.29, 0.717) is 62.2 Å². The third kappa shape index (κ3) is 7.72. The van der Waals surface area contributed by atoms with Gasteiger partial charge in [-0.1, -0.05) is 23.7 Å². The first-order chi connectivity index (χ1) is 30.2. The van der Waals surface area contributed by atoms with Gasteiger partial charge in [0.25, 0.3) is 5.56 Å². The van der Waals surface area contributed by atoms with Gasteiger partial charge in [0.1, 0.15) is 17.0 Å². The number of likely N-dealkylation sites (tertiary alicyclic amines) is 1. The minimum Gasteiger partial charge on any atom is -0.480 e. The molecule has 2 amide bonds. The number of hydrogen-bond acceptors (Lipinski definition) is 11. The van der Waals surface area contributed by atoms with Gasteiger partial charge < -0.3 is 29.7 Å². The first-order valence-electron chi connectivity index (χ1n) is 21.6. The van der Waals surface area contributed by atoms with Crippen LogP contribution in [0.15, 0.2) is 41.3 Å². The number of fused-ring (bicyclic) bond motifs is 4. The number of imide groups is 1. The molecular formula is C44H47ClF4N10O4. The molecule has 14 nitrogen and oxygen atoms in total. The summed E-state index contributed by atoms with van der Waals surface area (Å²) in [5.74, 6) is -5.09. The number of anilines is 4. The van der Waals surface area contributed by atoms with Gasteiger partial charge in [-0.05, 0) is 81.1 Å². The summed E-state index contributed by atoms with van der Waals surface area (Å²) in [5.41, 5.74) is 2.37. The molecule has 3 saturated heterocycles. The van der Waals surface area contributed by atoms with E-state index in [9.17, 15) is 14.4 Å². The largest absolute Gasteiger partial charge is 0.480 e. The van der Waals surface area contributed by atoms with Crippen molar-refractivity contribution < 1.29 is 31.9 Å². The zero-order valence-electron chi connectivity index (χ0n) is 34.8. The topological polar surface area (TPSA) is 152 Å². The summed E-state index contributed by atoms with van der Waals surface area (Å²) in [6.07, 6.45) is 4.61. The fourth-order valence-electron chi connectivity index (χ4n) is 9.93. The number of rotatable bonds is 8. The second-order valence-electron chi connectivity index (χ2n) is 17.8. The van der Waals surface area contributed by atoms with Crippen molar-refractivity contribution in [2.45, 2.75) is 74.9 Å². The molecule has 5 aromatic rings. The van der Waals surface area contributed by atoms with Crippen LogP contribution in [0.4, 0.5) is 40.7 Å². The van der Waals surface area contributed by atoms with Crippen molar-refractivity contribution in [2.75, 3.05) is 54.9 Å². The molecule has 4 aliphatic heterocycles. The van der Waals surface area contributed by atoms with Crippen LogP contribution in [-0.4, -0.2) is 98.5 Å². The molecule has 332 valence electrons. The molecule has 7 heterocycles. The van der Waals surface area contributed by atoms with Crippen LogP contribution in [0.3, 0.4) is 0 Å². The third-order valence-corrected chi connectivity index (χ3v) is 13.9. The van der Waals surface area contributed by atoms with E-state index in [1.54, 1.807) is 4.90 Å². The number of nitrogens with one attached hydrogen (secondary N) is 3. The second-order valence-corrected chi connectivity index (χ2v) is 18.2. The van der Waals surface area contributed by atoms with E-state index in [0.717, 1.165) is 42.9 Å². The normalized spacial score (nSPS) is 24.5. The lowest BCUT2D eigenvalue weighted by Crippen LogP contribution is -2.47. The Kier molecular flexibility index (Phi) is 10.5. The molecule has 5 aliphatic rings. The van der Waals surface area contributed by atoms with Crippen LogP contribution in [0.5, 0.6) is 5.75 Å². The number of nitrogens with zero attached hydrogens (tertiary/aromatic N) is 7. The van der Waals surface area contributed by atoms with E-state index in [4.69, 9.17) is 16.3 Å². The summed E-state index contributed by atoms with van der Waals surface area (Å²) in [6.45, 7) is 1.90. The zero-order valence-corrected chi connectivity index (χ0v) is 35.5. The summed E-state index contributed by atoms with van der Waals surface area (Å²) in [7, 11) is 3.30. The molecule has 63 heavy (non-hydrogen) atoms. The smallest absolute Gasteiger partial charge is 0.301 e. The average molecular weight is 891 g/mol. The molecule has 10 rings (SSSR count). The minimum absolute atomic E-state index is 0.0662. The van der Waals surface area contributed by atoms with Gasteiger partial charge in [0, 0.05) is 56.4 Å². The molecule has 3 N–H and O–H groups in total. The molecule has 0 spiro atoms. The number of piperidine rings is 3. The summed E-state index contributed by atoms with van der Waals surface area (Å²) in [6, 6.07) is 7.62. The Morgan fingerprint density at radius 3 is 2.52 bits per heavy atom. The number of ether oxygens (including phenoxy) is 1. The molecule has 1 saturated carbocycles. The van der Waals surface area contributed by atoms with Crippen molar-refractivity contribution in [1.82, 2.24) is 34.5 Å². The molecule has 4 fully saturated rings. The second kappa shape index (κ2) is 15.9. The van der Waals surface area contributed by atoms with Crippen molar-refractivity contribution in [2.24, 2.45) is 25.9 Å². The Balaban J connectivity index is 0.788. The van der Waals surface area contributed by atoms with Gasteiger partial charge in [0.05, 0.1) is 52.8 Å². The van der Waals surface area contributed by atoms with Crippen LogP contribution < -0.4 is 31.1 Å². The van der Waals surface area contributed by atoms with E-state index >= 15 is 17.6 Å². The first-order valence-corrected chi connectivity index (χ1v) is 21.9. The maximum Gasteiger partial charge on any atom is 0.301 e. The summed E-state index contributed by atoms with van der Waals surface area (Å²) in [4.78, 5) is 50.6. The zero-order chi connectivity index (χ0) is 43.9. The Labute approximate surface area is 364 Å². The van der Waals surface area contributed by atoms with Gasteiger partial charge in [-0.25, -0.2) is 22.5 Å². The van der Waals surface area contributed by atoms with Crippen molar-refractivity contribution >= 4 is 68.4 Å². The highest BCUT2D eigenvalue weighted by Crippen LogP contribution is 2.46. The Bertz CT molecular complexity index is 2720. The molecular weight excluding hydrogens is 844 g/mol. The number of pyridine rings is 1. The Hall–Kier alpha value is -5.49. The van der Waals surface area contributed by atoms with Crippen molar-refractivity contribution in [1.29, 1.82) is 0 Å². The number of carbonyl (C=O) groups is 2. The fraction of sp³-hybridized carbons (Fsp3) is 0.500. The van der Waals surface area contributed by atoms with Crippen LogP contribution in [0.2, 0.25) is 5.02 Å². The summed E-state index contributed by atoms with van der Waals surface area (Å²) in [5, 5.41) is 14.3. The van der Waals surface area contributed by atoms with Crippen molar-refractivity contribution in [3.05, 3.63) is 69.0 Å². The number of hydrogen-bond donors (Lipinski definition) is 3. The van der Waals surface area contributed by atoms with Crippen LogP contribution in [0, 0.1) is 17.7 Å². The van der Waals surface area contributed by atoms with E-state index in [-0.39, 0.29) is 69.6 Å². The molecule has 0 bridgehead atoms. The van der Waals surface area contributed by atoms with Gasteiger partial charge in [-0.3, -0.25) is 24.4 Å². The average Bonchev–Trinajstić information content (AvgIpc) is 4.07. The van der Waals surface area contributed by atoms with Gasteiger partial charge >= 0.3 is 5.92 Å². The van der Waals surface area contributed by atoms with Crippen LogP contribution in [-0.2, 0) is 23.7 Å². The Morgan fingerprint density at radius 1 is 0.984 bits per heavy atom. The third-order valence-electron chi connectivity index (χ3n) is 13.7. The molecule has 4 atom stereocenters. The number of amides is 2. The molecule has 1 aliphatic carbocycles. The van der Waals surface area contributed by atoms with Gasteiger partial charge in [0.2, 0.25) is 23.5 Å². The number of benzene rings is 2. The van der Waals surface area contributed by atoms with E-state index in [2.05, 4.69) is 48.0 Å². The first kappa shape index (κ1) is 41.5. The molecule has 1 unspecified atom stereocenters. The minimum atomic E-state index is -3.23. The van der Waals surface area contributed by atoms with Crippen LogP contribution in [0.25, 0.3) is 21.8 Å². The molecule has 0 radical (unpaired) electrons. The number of aromatic nitrogens is 5. The number of alkyl halides is 3. The monoisotopic (exact) mass is 890 g/mol. The standard InChI is InChI=1S/C44H47ClF4N10O4/c1-56-33-17-30(46)32(16-28(33)37-38(42(56)62)63-21-44(48,49)39(53-37)23-3-4-23)51-40-29(45)18-50-43(54-40)59-14-11-25(31(47)20-59)19-58-12-9-22(10-13-58)24-5-6-26-34(15-24)57(2)55-36(26)27-7-8-35(60)52-41(27)61/h5-6,15-18,22-23,25,27,31,39,53H,3-4,7-14,19-21H2,1-2H3,(H,50,51,54)(H,52,60,61)/t25-,27?,31-,39+/m1/s1. The number of aryl methyl sites for hydroxylation is 2. The SMILES string of the molecule is Cn1nc(C2CCC(=O)NC2=O)c2ccc(C3CCN(C[C@H]4CCN(c5ncc(Cl)c(Nc6cc7c8c(c(=O)n(C)c7cc6F)OCC(F)(F)[C@H](C6CC6)N8)n5)C[C@H]4F)CC3)cc21. The lowest BCUT2D eigenvalue weighted by atomic mass is 9.87. The van der Waals surface area contributed by atoms with Gasteiger partial charge in [-0.2, -0.15) is 10.1 Å². The highest BCUT2D eigenvalue weighted by Gasteiger charge is 2.51. The molecule has 2 aromatic carbocycles. The fourth-order valence-corrected chi connectivity index (χ4v) is 10.1. The van der Waals surface area contributed by atoms with E-state index < -0.39 is 42.0 Å². The maximum atomic E-state index is 16.0. The summed E-state index contributed by atoms with van der Waals surface area (Å²) >= 11 is 6.52. The molecule has 19 heteroatoms. The van der Waals surface area contributed by atoms with Gasteiger partial charge in [-0.15, -0.1) is 0 Å². The van der Waals surface area contributed by atoms with E-state index in [1.807, 2.05) is 17.8 Å². The predicted octanol–water partition coefficient (Wildman–Crippen LogP) is 6.53. The highest BCUT2D eigenvalue weighted by molar-refractivity contribution is 6.33.